The van der Waals surface area contributed by atoms with E-state index in [1.165, 1.54) is 5.56 Å². The highest BCUT2D eigenvalue weighted by Gasteiger charge is 2.17. The molecule has 0 bridgehead atoms. The van der Waals surface area contributed by atoms with Crippen molar-refractivity contribution in [2.75, 3.05) is 6.54 Å². The van der Waals surface area contributed by atoms with Gasteiger partial charge >= 0.3 is 5.97 Å². The van der Waals surface area contributed by atoms with Crippen molar-refractivity contribution in [1.29, 1.82) is 0 Å². The molecule has 0 heterocycles. The van der Waals surface area contributed by atoms with Crippen molar-refractivity contribution in [2.45, 2.75) is 45.6 Å². The Morgan fingerprint density at radius 1 is 1.21 bits per heavy atom. The first-order chi connectivity index (χ1) is 9.09. The summed E-state index contributed by atoms with van der Waals surface area (Å²) in [7, 11) is 0. The van der Waals surface area contributed by atoms with Crippen LogP contribution < -0.4 is 5.32 Å². The van der Waals surface area contributed by atoms with Gasteiger partial charge in [0.2, 0.25) is 0 Å². The van der Waals surface area contributed by atoms with Gasteiger partial charge in [0, 0.05) is 0 Å². The summed E-state index contributed by atoms with van der Waals surface area (Å²) in [6.45, 7) is 4.87. The van der Waals surface area contributed by atoms with Gasteiger partial charge in [-0.15, -0.1) is 0 Å². The maximum atomic E-state index is 11.1. The molecule has 0 aromatic heterocycles. The van der Waals surface area contributed by atoms with Crippen LogP contribution in [0.25, 0.3) is 0 Å². The second-order valence-electron chi connectivity index (χ2n) is 5.42. The molecule has 3 nitrogen and oxygen atoms in total. The molecule has 1 rings (SSSR count). The molecule has 0 radical (unpaired) electrons. The van der Waals surface area contributed by atoms with Gasteiger partial charge in [-0.25, -0.2) is 0 Å². The molecule has 1 atom stereocenters. The summed E-state index contributed by atoms with van der Waals surface area (Å²) in [4.78, 5) is 11.1. The fraction of sp³-hybridized carbons (Fsp3) is 0.562. The third kappa shape index (κ3) is 6.97. The lowest BCUT2D eigenvalue weighted by Crippen LogP contribution is -2.38. The molecular weight excluding hydrogens is 238 g/mol. The number of aliphatic carboxylic acids is 1. The number of carboxylic acids is 1. The molecule has 0 spiro atoms. The lowest BCUT2D eigenvalue weighted by molar-refractivity contribution is -0.139. The van der Waals surface area contributed by atoms with E-state index in [4.69, 9.17) is 5.11 Å². The highest BCUT2D eigenvalue weighted by atomic mass is 16.4. The Hall–Kier alpha value is -1.35. The first kappa shape index (κ1) is 15.7. The number of aryl methyl sites for hydroxylation is 1. The van der Waals surface area contributed by atoms with Crippen molar-refractivity contribution < 1.29 is 9.90 Å². The standard InChI is InChI=1S/C16H25NO2/c1-13(2)12-15(16(18)19)17-11-7-6-10-14-8-4-3-5-9-14/h3-5,8-9,13,15,17H,6-7,10-12H2,1-2H3,(H,18,19)/t15-/m0/s1. The number of rotatable bonds is 9. The van der Waals surface area contributed by atoms with Gasteiger partial charge in [-0.3, -0.25) is 4.79 Å². The lowest BCUT2D eigenvalue weighted by Gasteiger charge is -2.16. The summed E-state index contributed by atoms with van der Waals surface area (Å²) in [6.07, 6.45) is 3.85. The maximum Gasteiger partial charge on any atom is 0.320 e. The van der Waals surface area contributed by atoms with Gasteiger partial charge in [-0.1, -0.05) is 44.2 Å². The minimum atomic E-state index is -0.739. The Balaban J connectivity index is 2.16. The largest absolute Gasteiger partial charge is 0.480 e. The molecule has 0 aliphatic heterocycles. The molecular formula is C16H25NO2. The van der Waals surface area contributed by atoms with E-state index in [9.17, 15) is 4.79 Å². The zero-order chi connectivity index (χ0) is 14.1. The van der Waals surface area contributed by atoms with Crippen LogP contribution in [0.15, 0.2) is 30.3 Å². The lowest BCUT2D eigenvalue weighted by atomic mass is 10.0. The van der Waals surface area contributed by atoms with Gasteiger partial charge in [0.1, 0.15) is 6.04 Å². The first-order valence-electron chi connectivity index (χ1n) is 7.09. The third-order valence-corrected chi connectivity index (χ3v) is 3.13. The zero-order valence-corrected chi connectivity index (χ0v) is 11.9. The van der Waals surface area contributed by atoms with Gasteiger partial charge in [0.15, 0.2) is 0 Å². The van der Waals surface area contributed by atoms with Crippen LogP contribution in [-0.4, -0.2) is 23.7 Å². The van der Waals surface area contributed by atoms with Crippen molar-refractivity contribution in [2.24, 2.45) is 5.92 Å². The van der Waals surface area contributed by atoms with Crippen LogP contribution in [0.3, 0.4) is 0 Å². The molecule has 0 saturated carbocycles. The third-order valence-electron chi connectivity index (χ3n) is 3.13. The van der Waals surface area contributed by atoms with Crippen LogP contribution in [0.2, 0.25) is 0 Å². The highest BCUT2D eigenvalue weighted by molar-refractivity contribution is 5.73. The van der Waals surface area contributed by atoms with Crippen molar-refractivity contribution in [3.63, 3.8) is 0 Å². The van der Waals surface area contributed by atoms with Crippen LogP contribution in [0.1, 0.15) is 38.7 Å². The van der Waals surface area contributed by atoms with E-state index in [1.807, 2.05) is 19.9 Å². The molecule has 0 amide bonds. The number of hydrogen-bond acceptors (Lipinski definition) is 2. The number of carboxylic acid groups (broad SMARTS) is 1. The van der Waals surface area contributed by atoms with E-state index in [2.05, 4.69) is 29.6 Å². The fourth-order valence-corrected chi connectivity index (χ4v) is 2.12. The SMILES string of the molecule is CC(C)C[C@H](NCCCCc1ccccc1)C(=O)O. The molecule has 3 heteroatoms. The molecule has 1 aromatic rings. The van der Waals surface area contributed by atoms with E-state index in [0.717, 1.165) is 25.8 Å². The van der Waals surface area contributed by atoms with E-state index in [0.29, 0.717) is 12.3 Å². The highest BCUT2D eigenvalue weighted by Crippen LogP contribution is 2.06. The Labute approximate surface area is 116 Å². The number of nitrogens with one attached hydrogen (secondary N) is 1. The molecule has 19 heavy (non-hydrogen) atoms. The predicted molar refractivity (Wildman–Crippen MR) is 78.3 cm³/mol. The number of carbonyl (C=O) groups is 1. The summed E-state index contributed by atoms with van der Waals surface area (Å²) >= 11 is 0. The Morgan fingerprint density at radius 3 is 2.47 bits per heavy atom. The van der Waals surface area contributed by atoms with E-state index >= 15 is 0 Å². The van der Waals surface area contributed by atoms with Crippen LogP contribution >= 0.6 is 0 Å². The van der Waals surface area contributed by atoms with Crippen molar-refractivity contribution in [1.82, 2.24) is 5.32 Å². The molecule has 0 aliphatic carbocycles. The average Bonchev–Trinajstić information content (AvgIpc) is 2.37. The topological polar surface area (TPSA) is 49.3 Å². The Morgan fingerprint density at radius 2 is 1.89 bits per heavy atom. The number of unbranched alkanes of at least 4 members (excludes halogenated alkanes) is 1. The smallest absolute Gasteiger partial charge is 0.320 e. The van der Waals surface area contributed by atoms with Crippen LogP contribution in [-0.2, 0) is 11.2 Å². The second kappa shape index (κ2) is 8.70. The Kier molecular flexibility index (Phi) is 7.19. The summed E-state index contributed by atoms with van der Waals surface area (Å²) in [5.74, 6) is -0.338. The summed E-state index contributed by atoms with van der Waals surface area (Å²) in [5.41, 5.74) is 1.35. The minimum absolute atomic E-state index is 0.401. The first-order valence-corrected chi connectivity index (χ1v) is 7.09. The van der Waals surface area contributed by atoms with E-state index < -0.39 is 12.0 Å². The number of benzene rings is 1. The average molecular weight is 263 g/mol. The quantitative estimate of drug-likeness (QED) is 0.673. The molecule has 0 saturated heterocycles. The van der Waals surface area contributed by atoms with Crippen LogP contribution in [0, 0.1) is 5.92 Å². The molecule has 2 N–H and O–H groups in total. The predicted octanol–water partition coefficient (Wildman–Crippen LogP) is 3.10. The minimum Gasteiger partial charge on any atom is -0.480 e. The van der Waals surface area contributed by atoms with Gasteiger partial charge in [-0.05, 0) is 43.7 Å². The van der Waals surface area contributed by atoms with Gasteiger partial charge < -0.3 is 10.4 Å². The van der Waals surface area contributed by atoms with Gasteiger partial charge in [-0.2, -0.15) is 0 Å². The maximum absolute atomic E-state index is 11.1. The molecule has 0 aliphatic rings. The normalized spacial score (nSPS) is 12.6. The Bertz CT molecular complexity index is 362. The second-order valence-corrected chi connectivity index (χ2v) is 5.42. The molecule has 0 fully saturated rings. The molecule has 106 valence electrons. The van der Waals surface area contributed by atoms with Crippen molar-refractivity contribution in [3.05, 3.63) is 35.9 Å². The van der Waals surface area contributed by atoms with Crippen LogP contribution in [0.4, 0.5) is 0 Å². The van der Waals surface area contributed by atoms with Crippen LogP contribution in [0.5, 0.6) is 0 Å². The van der Waals surface area contributed by atoms with Gasteiger partial charge in [0.25, 0.3) is 0 Å². The van der Waals surface area contributed by atoms with Crippen molar-refractivity contribution in [3.8, 4) is 0 Å². The molecule has 0 unspecified atom stereocenters. The molecule has 1 aromatic carbocycles. The summed E-state index contributed by atoms with van der Waals surface area (Å²) in [6, 6.07) is 9.98. The van der Waals surface area contributed by atoms with Gasteiger partial charge in [0.05, 0.1) is 0 Å². The fourth-order valence-electron chi connectivity index (χ4n) is 2.12. The zero-order valence-electron chi connectivity index (χ0n) is 11.9. The summed E-state index contributed by atoms with van der Waals surface area (Å²) in [5, 5.41) is 12.2. The number of hydrogen-bond donors (Lipinski definition) is 2. The monoisotopic (exact) mass is 263 g/mol. The van der Waals surface area contributed by atoms with E-state index in [1.54, 1.807) is 0 Å². The van der Waals surface area contributed by atoms with Crippen molar-refractivity contribution >= 4 is 5.97 Å². The summed E-state index contributed by atoms with van der Waals surface area (Å²) < 4.78 is 0. The van der Waals surface area contributed by atoms with E-state index in [-0.39, 0.29) is 0 Å².